The van der Waals surface area contributed by atoms with Crippen LogP contribution in [0.4, 0.5) is 17.5 Å². The fourth-order valence-corrected chi connectivity index (χ4v) is 5.67. The Morgan fingerprint density at radius 1 is 1.00 bits per heavy atom. The third-order valence-electron chi connectivity index (χ3n) is 8.18. The summed E-state index contributed by atoms with van der Waals surface area (Å²) < 4.78 is 36.9. The molecule has 5 N–H and O–H groups in total. The fourth-order valence-electron chi connectivity index (χ4n) is 5.67. The van der Waals surface area contributed by atoms with E-state index in [-0.39, 0.29) is 24.1 Å². The van der Waals surface area contributed by atoms with Crippen molar-refractivity contribution in [3.8, 4) is 17.2 Å². The minimum atomic E-state index is -4.67. The standard InChI is InChI=1S/C36H39N7O3.H2O4S/c1-5-46-35(45)31-21-39-36(40-30-14-16-43(17-15-30)22-26-8-12-28(13-9-26)34(44)38-4)42-33(31)41-32-23(2)18-29(19-24(32)3)27-10-6-25(20-37)7-11-27;1-5(2,3)4/h6-13,18-19,21,30H,5,14-17,22H2,1-4H3,(H,38,44)(H2,39,40,41,42);(H2,1,2,3,4). The van der Waals surface area contributed by atoms with Crippen LogP contribution < -0.4 is 16.0 Å². The predicted octanol–water partition coefficient (Wildman–Crippen LogP) is 5.34. The molecule has 0 aliphatic carbocycles. The summed E-state index contributed by atoms with van der Waals surface area (Å²) in [7, 11) is -3.04. The summed E-state index contributed by atoms with van der Waals surface area (Å²) in [5.74, 6) is 0.254. The number of carbonyl (C=O) groups is 2. The quantitative estimate of drug-likeness (QED) is 0.104. The van der Waals surface area contributed by atoms with Crippen molar-refractivity contribution in [1.82, 2.24) is 20.2 Å². The molecule has 1 amide bonds. The summed E-state index contributed by atoms with van der Waals surface area (Å²) in [6.07, 6.45) is 3.34. The summed E-state index contributed by atoms with van der Waals surface area (Å²) in [4.78, 5) is 36.3. The number of hydrogen-bond donors (Lipinski definition) is 5. The number of benzene rings is 3. The summed E-state index contributed by atoms with van der Waals surface area (Å²) in [6.45, 7) is 8.67. The molecule has 1 aromatic heterocycles. The van der Waals surface area contributed by atoms with Crippen LogP contribution in [-0.2, 0) is 21.7 Å². The van der Waals surface area contributed by atoms with Gasteiger partial charge in [-0.3, -0.25) is 18.8 Å². The van der Waals surface area contributed by atoms with Crippen LogP contribution in [0.5, 0.6) is 0 Å². The van der Waals surface area contributed by atoms with E-state index in [4.69, 9.17) is 32.5 Å². The van der Waals surface area contributed by atoms with E-state index in [1.165, 1.54) is 11.8 Å². The highest BCUT2D eigenvalue weighted by atomic mass is 32.3. The molecule has 0 radical (unpaired) electrons. The lowest BCUT2D eigenvalue weighted by Gasteiger charge is -2.32. The van der Waals surface area contributed by atoms with E-state index in [1.54, 1.807) is 14.0 Å². The molecule has 0 spiro atoms. The van der Waals surface area contributed by atoms with Gasteiger partial charge in [-0.25, -0.2) is 9.78 Å². The average molecular weight is 716 g/mol. The number of esters is 1. The van der Waals surface area contributed by atoms with Crippen LogP contribution in [0, 0.1) is 25.2 Å². The number of aryl methyl sites for hydroxylation is 2. The van der Waals surface area contributed by atoms with E-state index in [1.807, 2.05) is 62.4 Å². The van der Waals surface area contributed by atoms with Crippen molar-refractivity contribution in [1.29, 1.82) is 5.26 Å². The second kappa shape index (κ2) is 17.5. The molecule has 0 bridgehead atoms. The number of hydrogen-bond acceptors (Lipinski definition) is 11. The van der Waals surface area contributed by atoms with Gasteiger partial charge >= 0.3 is 16.4 Å². The topological polar surface area (TPSA) is 207 Å². The third-order valence-corrected chi connectivity index (χ3v) is 8.18. The number of likely N-dealkylation sites (tertiary alicyclic amines) is 1. The maximum absolute atomic E-state index is 12.9. The molecule has 1 saturated heterocycles. The van der Waals surface area contributed by atoms with Crippen LogP contribution in [0.15, 0.2) is 66.9 Å². The first-order valence-electron chi connectivity index (χ1n) is 16.2. The first kappa shape index (κ1) is 38.4. The van der Waals surface area contributed by atoms with Crippen LogP contribution in [0.3, 0.4) is 0 Å². The molecule has 3 aromatic carbocycles. The van der Waals surface area contributed by atoms with E-state index in [0.717, 1.165) is 60.4 Å². The Hall–Kier alpha value is -5.40. The van der Waals surface area contributed by atoms with Crippen LogP contribution in [-0.4, -0.2) is 77.1 Å². The predicted molar refractivity (Wildman–Crippen MR) is 193 cm³/mol. The van der Waals surface area contributed by atoms with Gasteiger partial charge in [-0.2, -0.15) is 18.7 Å². The van der Waals surface area contributed by atoms with Gasteiger partial charge in [-0.05, 0) is 97.8 Å². The zero-order valence-corrected chi connectivity index (χ0v) is 29.6. The Bertz CT molecular complexity index is 1960. The lowest BCUT2D eigenvalue weighted by Crippen LogP contribution is -2.39. The smallest absolute Gasteiger partial charge is 0.394 e. The summed E-state index contributed by atoms with van der Waals surface area (Å²) in [6, 6.07) is 21.7. The first-order valence-corrected chi connectivity index (χ1v) is 17.6. The minimum absolute atomic E-state index is 0.0860. The molecule has 4 aromatic rings. The van der Waals surface area contributed by atoms with Gasteiger partial charge in [-0.15, -0.1) is 0 Å². The van der Waals surface area contributed by atoms with Crippen LogP contribution in [0.2, 0.25) is 0 Å². The Kier molecular flexibility index (Phi) is 13.2. The van der Waals surface area contributed by atoms with Crippen molar-refractivity contribution in [2.75, 3.05) is 37.4 Å². The molecule has 14 nitrogen and oxygen atoms in total. The van der Waals surface area contributed by atoms with Gasteiger partial charge in [0.05, 0.1) is 18.2 Å². The molecule has 0 unspecified atom stereocenters. The molecule has 268 valence electrons. The Morgan fingerprint density at radius 2 is 1.61 bits per heavy atom. The Labute approximate surface area is 297 Å². The highest BCUT2D eigenvalue weighted by Gasteiger charge is 2.22. The summed E-state index contributed by atoms with van der Waals surface area (Å²) in [5.41, 5.74) is 7.58. The number of anilines is 3. The number of nitriles is 1. The largest absolute Gasteiger partial charge is 0.462 e. The van der Waals surface area contributed by atoms with Crippen LogP contribution in [0.1, 0.15) is 62.7 Å². The van der Waals surface area contributed by atoms with Crippen LogP contribution in [0.25, 0.3) is 11.1 Å². The van der Waals surface area contributed by atoms with Gasteiger partial charge in [0.1, 0.15) is 5.56 Å². The molecule has 51 heavy (non-hydrogen) atoms. The van der Waals surface area contributed by atoms with E-state index < -0.39 is 16.4 Å². The molecule has 1 fully saturated rings. The number of nitrogens with zero attached hydrogens (tertiary/aromatic N) is 4. The van der Waals surface area contributed by atoms with E-state index >= 15 is 0 Å². The van der Waals surface area contributed by atoms with Crippen molar-refractivity contribution in [3.63, 3.8) is 0 Å². The molecule has 1 aliphatic rings. The first-order chi connectivity index (χ1) is 24.3. The molecular weight excluding hydrogens is 675 g/mol. The normalized spacial score (nSPS) is 13.3. The van der Waals surface area contributed by atoms with Gasteiger partial charge in [-0.1, -0.05) is 24.3 Å². The zero-order valence-electron chi connectivity index (χ0n) is 28.8. The number of rotatable bonds is 10. The monoisotopic (exact) mass is 715 g/mol. The van der Waals surface area contributed by atoms with Crippen molar-refractivity contribution < 1.29 is 31.8 Å². The van der Waals surface area contributed by atoms with E-state index in [9.17, 15) is 9.59 Å². The summed E-state index contributed by atoms with van der Waals surface area (Å²) in [5, 5.41) is 18.7. The molecule has 5 rings (SSSR count). The number of aromatic nitrogens is 2. The fraction of sp³-hybridized carbons (Fsp3) is 0.306. The number of piperidine rings is 1. The second-order valence-corrected chi connectivity index (χ2v) is 12.8. The van der Waals surface area contributed by atoms with E-state index in [2.05, 4.69) is 44.0 Å². The SMILES string of the molecule is CCOC(=O)c1cnc(NC2CCN(Cc3ccc(C(=O)NC)cc3)CC2)nc1Nc1c(C)cc(-c2ccc(C#N)cc2)cc1C.O=S(=O)(O)O. The lowest BCUT2D eigenvalue weighted by molar-refractivity contribution is 0.0526. The zero-order chi connectivity index (χ0) is 37.1. The molecular formula is C36H41N7O7S. The highest BCUT2D eigenvalue weighted by molar-refractivity contribution is 7.79. The molecule has 15 heteroatoms. The average Bonchev–Trinajstić information content (AvgIpc) is 3.10. The second-order valence-electron chi connectivity index (χ2n) is 11.9. The molecule has 1 aliphatic heterocycles. The highest BCUT2D eigenvalue weighted by Crippen LogP contribution is 2.32. The number of amides is 1. The molecule has 0 atom stereocenters. The summed E-state index contributed by atoms with van der Waals surface area (Å²) >= 11 is 0. The van der Waals surface area contributed by atoms with Gasteiger partial charge in [0, 0.05) is 50.2 Å². The minimum Gasteiger partial charge on any atom is -0.462 e. The van der Waals surface area contributed by atoms with Crippen molar-refractivity contribution in [2.45, 2.75) is 46.2 Å². The lowest BCUT2D eigenvalue weighted by atomic mass is 9.98. The van der Waals surface area contributed by atoms with Gasteiger partial charge in [0.2, 0.25) is 5.95 Å². The maximum Gasteiger partial charge on any atom is 0.394 e. The molecule has 2 heterocycles. The number of nitrogens with one attached hydrogen (secondary N) is 3. The Morgan fingerprint density at radius 3 is 2.16 bits per heavy atom. The van der Waals surface area contributed by atoms with Gasteiger partial charge in [0.25, 0.3) is 5.91 Å². The maximum atomic E-state index is 12.9. The molecule has 0 saturated carbocycles. The third kappa shape index (κ3) is 11.3. The number of carbonyl (C=O) groups excluding carboxylic acids is 2. The van der Waals surface area contributed by atoms with Crippen molar-refractivity contribution in [3.05, 3.63) is 100 Å². The van der Waals surface area contributed by atoms with Gasteiger partial charge in [0.15, 0.2) is 5.82 Å². The number of ether oxygens (including phenoxy) is 1. The van der Waals surface area contributed by atoms with Crippen LogP contribution >= 0.6 is 0 Å². The van der Waals surface area contributed by atoms with Gasteiger partial charge < -0.3 is 20.7 Å². The van der Waals surface area contributed by atoms with Crippen molar-refractivity contribution in [2.24, 2.45) is 0 Å². The Balaban J connectivity index is 0.00000109. The van der Waals surface area contributed by atoms with E-state index in [0.29, 0.717) is 22.9 Å². The van der Waals surface area contributed by atoms with Crippen molar-refractivity contribution >= 4 is 39.7 Å².